The van der Waals surface area contributed by atoms with E-state index in [-0.39, 0.29) is 5.56 Å². The summed E-state index contributed by atoms with van der Waals surface area (Å²) < 4.78 is 13.9. The van der Waals surface area contributed by atoms with Gasteiger partial charge in [0.2, 0.25) is 0 Å². The number of aromatic nitrogens is 2. The number of hydrogen-bond acceptors (Lipinski definition) is 5. The second-order valence-corrected chi connectivity index (χ2v) is 8.58. The molecule has 0 bridgehead atoms. The number of thiazole rings is 1. The molecular weight excluding hydrogens is 420 g/mol. The Hall–Kier alpha value is -3.64. The van der Waals surface area contributed by atoms with Gasteiger partial charge in [0.15, 0.2) is 4.96 Å². The summed E-state index contributed by atoms with van der Waals surface area (Å²) in [4.78, 5) is 18.1. The fourth-order valence-corrected chi connectivity index (χ4v) is 4.55. The maximum atomic E-state index is 12.9. The molecule has 0 radical (unpaired) electrons. The summed E-state index contributed by atoms with van der Waals surface area (Å²) in [6.07, 6.45) is 2.69. The lowest BCUT2D eigenvalue weighted by Gasteiger charge is -2.08. The number of imidazole rings is 1. The fraction of sp³-hybridized carbons (Fsp3) is 0.154. The third-order valence-electron chi connectivity index (χ3n) is 5.14. The highest BCUT2D eigenvalue weighted by molar-refractivity contribution is 7.15. The molecule has 0 saturated carbocycles. The van der Waals surface area contributed by atoms with E-state index in [2.05, 4.69) is 4.98 Å². The average Bonchev–Trinajstić information content (AvgIpc) is 3.31. The summed E-state index contributed by atoms with van der Waals surface area (Å²) in [5, 5.41) is 0. The topological polar surface area (TPSA) is 52.8 Å². The first-order chi connectivity index (χ1) is 15.7. The van der Waals surface area contributed by atoms with Crippen LogP contribution in [0.4, 0.5) is 0 Å². The van der Waals surface area contributed by atoms with Crippen molar-refractivity contribution >= 4 is 33.4 Å². The van der Waals surface area contributed by atoms with Crippen molar-refractivity contribution in [2.24, 2.45) is 0 Å². The molecule has 5 rings (SSSR count). The van der Waals surface area contributed by atoms with Crippen LogP contribution in [-0.2, 0) is 0 Å². The molecule has 6 heteroatoms. The Morgan fingerprint density at radius 2 is 1.72 bits per heavy atom. The van der Waals surface area contributed by atoms with Crippen molar-refractivity contribution in [1.29, 1.82) is 0 Å². The van der Waals surface area contributed by atoms with Gasteiger partial charge in [0, 0.05) is 6.42 Å². The van der Waals surface area contributed by atoms with Gasteiger partial charge in [0.05, 0.1) is 28.8 Å². The minimum atomic E-state index is -0.0346. The number of aryl methyl sites for hydroxylation is 1. The summed E-state index contributed by atoms with van der Waals surface area (Å²) >= 11 is 1.41. The summed E-state index contributed by atoms with van der Waals surface area (Å²) in [5.41, 5.74) is 3.79. The smallest absolute Gasteiger partial charge is 0.274 e. The molecule has 0 fully saturated rings. The normalized spacial score (nSPS) is 12.0. The van der Waals surface area contributed by atoms with Crippen LogP contribution in [-0.4, -0.2) is 22.6 Å². The van der Waals surface area contributed by atoms with Gasteiger partial charge in [-0.05, 0) is 60.5 Å². The van der Waals surface area contributed by atoms with Crippen molar-refractivity contribution < 1.29 is 9.47 Å². The highest BCUT2D eigenvalue weighted by Gasteiger charge is 2.10. The van der Waals surface area contributed by atoms with E-state index in [1.165, 1.54) is 16.9 Å². The molecule has 0 N–H and O–H groups in total. The first-order valence-electron chi connectivity index (χ1n) is 10.5. The number of nitrogens with zero attached hydrogens (tertiary/aromatic N) is 2. The van der Waals surface area contributed by atoms with Crippen molar-refractivity contribution in [1.82, 2.24) is 9.38 Å². The van der Waals surface area contributed by atoms with E-state index >= 15 is 0 Å². The fourth-order valence-electron chi connectivity index (χ4n) is 3.57. The average molecular weight is 443 g/mol. The highest BCUT2D eigenvalue weighted by Crippen LogP contribution is 2.17. The molecule has 5 nitrogen and oxygen atoms in total. The van der Waals surface area contributed by atoms with E-state index in [9.17, 15) is 4.79 Å². The van der Waals surface area contributed by atoms with Crippen LogP contribution in [0.25, 0.3) is 22.1 Å². The molecule has 160 valence electrons. The Balaban J connectivity index is 1.22. The van der Waals surface area contributed by atoms with Gasteiger partial charge in [0.25, 0.3) is 5.56 Å². The number of para-hydroxylation sites is 2. The summed E-state index contributed by atoms with van der Waals surface area (Å²) in [6, 6.07) is 23.5. The SMILES string of the molecule is Cc1cccc(OCCCOc2ccc(C=c3sc4nc5ccccc5n4c3=O)cc2)c1. The van der Waals surface area contributed by atoms with Gasteiger partial charge in [-0.2, -0.15) is 0 Å². The molecule has 0 amide bonds. The van der Waals surface area contributed by atoms with E-state index in [0.29, 0.717) is 17.7 Å². The molecule has 0 saturated heterocycles. The number of hydrogen-bond donors (Lipinski definition) is 0. The summed E-state index contributed by atoms with van der Waals surface area (Å²) in [5.74, 6) is 1.68. The van der Waals surface area contributed by atoms with E-state index in [4.69, 9.17) is 9.47 Å². The standard InChI is InChI=1S/C26H22N2O3S/c1-18-6-4-7-21(16-18)31-15-5-14-30-20-12-10-19(11-13-20)17-24-25(29)28-23-9-3-2-8-22(23)27-26(28)32-24/h2-4,6-13,16-17H,5,14-15H2,1H3. The lowest BCUT2D eigenvalue weighted by molar-refractivity contribution is 0.247. The quantitative estimate of drug-likeness (QED) is 0.345. The van der Waals surface area contributed by atoms with E-state index in [1.807, 2.05) is 85.8 Å². The monoisotopic (exact) mass is 442 g/mol. The van der Waals surface area contributed by atoms with Crippen LogP contribution in [0.5, 0.6) is 11.5 Å². The predicted octanol–water partition coefficient (Wildman–Crippen LogP) is 4.61. The first kappa shape index (κ1) is 20.3. The predicted molar refractivity (Wildman–Crippen MR) is 129 cm³/mol. The lowest BCUT2D eigenvalue weighted by Crippen LogP contribution is -2.22. The Morgan fingerprint density at radius 3 is 2.53 bits per heavy atom. The Kier molecular flexibility index (Phi) is 5.60. The van der Waals surface area contributed by atoms with Crippen LogP contribution in [0, 0.1) is 6.92 Å². The van der Waals surface area contributed by atoms with Crippen molar-refractivity contribution in [3.8, 4) is 11.5 Å². The second kappa shape index (κ2) is 8.85. The lowest BCUT2D eigenvalue weighted by atomic mass is 10.2. The molecule has 32 heavy (non-hydrogen) atoms. The molecule has 3 aromatic carbocycles. The number of benzene rings is 3. The van der Waals surface area contributed by atoms with Gasteiger partial charge < -0.3 is 9.47 Å². The van der Waals surface area contributed by atoms with E-state index < -0.39 is 0 Å². The molecule has 0 aliphatic heterocycles. The Labute approximate surface area is 189 Å². The molecule has 0 unspecified atom stereocenters. The van der Waals surface area contributed by atoms with Crippen LogP contribution in [0.2, 0.25) is 0 Å². The first-order valence-corrected chi connectivity index (χ1v) is 11.3. The van der Waals surface area contributed by atoms with E-state index in [1.54, 1.807) is 4.40 Å². The van der Waals surface area contributed by atoms with Crippen LogP contribution >= 0.6 is 11.3 Å². The molecule has 0 spiro atoms. The van der Waals surface area contributed by atoms with Gasteiger partial charge in [-0.3, -0.25) is 4.79 Å². The molecule has 0 aliphatic rings. The second-order valence-electron chi connectivity index (χ2n) is 7.57. The van der Waals surface area contributed by atoms with Crippen LogP contribution in [0.15, 0.2) is 77.6 Å². The molecule has 0 aliphatic carbocycles. The van der Waals surface area contributed by atoms with Crippen molar-refractivity contribution in [2.75, 3.05) is 13.2 Å². The van der Waals surface area contributed by atoms with Gasteiger partial charge in [-0.25, -0.2) is 9.38 Å². The van der Waals surface area contributed by atoms with Crippen molar-refractivity contribution in [3.05, 3.63) is 98.8 Å². The van der Waals surface area contributed by atoms with E-state index in [0.717, 1.165) is 39.5 Å². The molecule has 0 atom stereocenters. The van der Waals surface area contributed by atoms with Gasteiger partial charge in [0.1, 0.15) is 11.5 Å². The number of rotatable bonds is 7. The van der Waals surface area contributed by atoms with Gasteiger partial charge >= 0.3 is 0 Å². The van der Waals surface area contributed by atoms with Gasteiger partial charge in [-0.1, -0.05) is 47.7 Å². The zero-order valence-corrected chi connectivity index (χ0v) is 18.5. The zero-order chi connectivity index (χ0) is 21.9. The van der Waals surface area contributed by atoms with Crippen LogP contribution in [0.1, 0.15) is 17.5 Å². The highest BCUT2D eigenvalue weighted by atomic mass is 32.1. The molecular formula is C26H22N2O3S. The number of ether oxygens (including phenoxy) is 2. The zero-order valence-electron chi connectivity index (χ0n) is 17.7. The maximum absolute atomic E-state index is 12.9. The van der Waals surface area contributed by atoms with Gasteiger partial charge in [-0.15, -0.1) is 0 Å². The minimum absolute atomic E-state index is 0.0346. The van der Waals surface area contributed by atoms with Crippen LogP contribution < -0.4 is 19.6 Å². The Bertz CT molecular complexity index is 1490. The van der Waals surface area contributed by atoms with Crippen LogP contribution in [0.3, 0.4) is 0 Å². The largest absolute Gasteiger partial charge is 0.493 e. The molecule has 2 aromatic heterocycles. The molecule has 2 heterocycles. The maximum Gasteiger partial charge on any atom is 0.274 e. The minimum Gasteiger partial charge on any atom is -0.493 e. The third kappa shape index (κ3) is 4.22. The third-order valence-corrected chi connectivity index (χ3v) is 6.11. The number of fused-ring (bicyclic) bond motifs is 3. The molecule has 5 aromatic rings. The summed E-state index contributed by atoms with van der Waals surface area (Å²) in [7, 11) is 0. The van der Waals surface area contributed by atoms with Crippen molar-refractivity contribution in [2.45, 2.75) is 13.3 Å². The summed E-state index contributed by atoms with van der Waals surface area (Å²) in [6.45, 7) is 3.23. The van der Waals surface area contributed by atoms with Crippen molar-refractivity contribution in [3.63, 3.8) is 0 Å². The Morgan fingerprint density at radius 1 is 0.938 bits per heavy atom.